The minimum atomic E-state index is 0.285. The number of likely N-dealkylation sites (N-methyl/N-ethyl adjacent to an activating group) is 1. The van der Waals surface area contributed by atoms with Gasteiger partial charge in [0.05, 0.1) is 19.3 Å². The van der Waals surface area contributed by atoms with Crippen LogP contribution in [0.15, 0.2) is 18.2 Å². The van der Waals surface area contributed by atoms with Gasteiger partial charge in [0.1, 0.15) is 5.75 Å². The Kier molecular flexibility index (Phi) is 4.27. The third-order valence-corrected chi connectivity index (χ3v) is 4.62. The molecule has 0 aliphatic heterocycles. The zero-order valence-corrected chi connectivity index (χ0v) is 12.5. The molecular formula is C17H25NO2. The molecule has 110 valence electrons. The first-order valence-corrected chi connectivity index (χ1v) is 7.77. The number of rotatable bonds is 6. The second-order valence-electron chi connectivity index (χ2n) is 6.01. The highest BCUT2D eigenvalue weighted by atomic mass is 16.5. The Hall–Kier alpha value is -1.06. The number of hydrogen-bond acceptors (Lipinski definition) is 3. The molecule has 3 rings (SSSR count). The summed E-state index contributed by atoms with van der Waals surface area (Å²) in [5.41, 5.74) is 2.77. The van der Waals surface area contributed by atoms with Gasteiger partial charge in [0.25, 0.3) is 0 Å². The molecule has 2 aliphatic rings. The molecule has 0 heterocycles. The molecule has 1 saturated carbocycles. The zero-order valence-electron chi connectivity index (χ0n) is 12.5. The van der Waals surface area contributed by atoms with Gasteiger partial charge < -0.3 is 14.8 Å². The highest BCUT2D eigenvalue weighted by Crippen LogP contribution is 2.36. The van der Waals surface area contributed by atoms with Crippen molar-refractivity contribution in [1.29, 1.82) is 0 Å². The predicted octanol–water partition coefficient (Wildman–Crippen LogP) is 3.09. The number of nitrogens with one attached hydrogen (secondary N) is 1. The second-order valence-corrected chi connectivity index (χ2v) is 6.01. The monoisotopic (exact) mass is 275 g/mol. The molecule has 0 saturated heterocycles. The smallest absolute Gasteiger partial charge is 0.119 e. The van der Waals surface area contributed by atoms with E-state index in [2.05, 4.69) is 23.5 Å². The first kappa shape index (κ1) is 13.9. The van der Waals surface area contributed by atoms with E-state index in [4.69, 9.17) is 9.47 Å². The molecule has 3 nitrogen and oxygen atoms in total. The van der Waals surface area contributed by atoms with E-state index in [-0.39, 0.29) is 6.04 Å². The fraction of sp³-hybridized carbons (Fsp3) is 0.647. The molecule has 2 unspecified atom stereocenters. The largest absolute Gasteiger partial charge is 0.497 e. The molecule has 2 atom stereocenters. The van der Waals surface area contributed by atoms with Gasteiger partial charge in [-0.1, -0.05) is 18.9 Å². The van der Waals surface area contributed by atoms with Gasteiger partial charge in [-0.05, 0) is 55.5 Å². The number of ether oxygens (including phenoxy) is 2. The minimum Gasteiger partial charge on any atom is -0.497 e. The van der Waals surface area contributed by atoms with Crippen molar-refractivity contribution < 1.29 is 9.47 Å². The van der Waals surface area contributed by atoms with Crippen LogP contribution in [-0.4, -0.2) is 26.9 Å². The first-order valence-electron chi connectivity index (χ1n) is 7.77. The summed E-state index contributed by atoms with van der Waals surface area (Å²) in [5, 5.41) is 3.43. The lowest BCUT2D eigenvalue weighted by Crippen LogP contribution is -2.36. The molecule has 0 aromatic heterocycles. The van der Waals surface area contributed by atoms with E-state index in [0.717, 1.165) is 31.1 Å². The Balaban J connectivity index is 1.69. The summed E-state index contributed by atoms with van der Waals surface area (Å²) < 4.78 is 11.5. The van der Waals surface area contributed by atoms with Crippen molar-refractivity contribution in [3.05, 3.63) is 29.3 Å². The molecule has 1 aromatic carbocycles. The summed E-state index contributed by atoms with van der Waals surface area (Å²) in [7, 11) is 3.75. The Bertz CT molecular complexity index is 456. The third-order valence-electron chi connectivity index (χ3n) is 4.62. The van der Waals surface area contributed by atoms with E-state index in [0.29, 0.717) is 6.10 Å². The van der Waals surface area contributed by atoms with Crippen LogP contribution in [0.2, 0.25) is 0 Å². The fourth-order valence-electron chi connectivity index (χ4n) is 3.20. The zero-order chi connectivity index (χ0) is 13.9. The molecule has 3 heteroatoms. The van der Waals surface area contributed by atoms with Crippen molar-refractivity contribution in [2.75, 3.05) is 20.8 Å². The fourth-order valence-corrected chi connectivity index (χ4v) is 3.20. The number of benzene rings is 1. The SMILES string of the molecule is CNC1c2cc(OC)ccc2CCC1OCCC1CC1. The summed E-state index contributed by atoms with van der Waals surface area (Å²) in [6.45, 7) is 0.910. The van der Waals surface area contributed by atoms with E-state index in [9.17, 15) is 0 Å². The summed E-state index contributed by atoms with van der Waals surface area (Å²) in [4.78, 5) is 0. The van der Waals surface area contributed by atoms with Gasteiger partial charge in [0.2, 0.25) is 0 Å². The standard InChI is InChI=1S/C17H25NO2/c1-18-17-15-11-14(19-2)7-5-13(15)6-8-16(17)20-10-9-12-3-4-12/h5,7,11-12,16-18H,3-4,6,8-10H2,1-2H3. The second kappa shape index (κ2) is 6.15. The highest BCUT2D eigenvalue weighted by molar-refractivity contribution is 5.40. The average molecular weight is 275 g/mol. The maximum Gasteiger partial charge on any atom is 0.119 e. The number of fused-ring (bicyclic) bond motifs is 1. The highest BCUT2D eigenvalue weighted by Gasteiger charge is 2.30. The summed E-state index contributed by atoms with van der Waals surface area (Å²) in [5.74, 6) is 1.88. The first-order chi connectivity index (χ1) is 9.81. The topological polar surface area (TPSA) is 30.5 Å². The van der Waals surface area contributed by atoms with Gasteiger partial charge in [0, 0.05) is 6.61 Å². The lowest BCUT2D eigenvalue weighted by atomic mass is 9.85. The lowest BCUT2D eigenvalue weighted by molar-refractivity contribution is 0.0144. The molecule has 1 aromatic rings. The molecule has 0 spiro atoms. The molecule has 2 aliphatic carbocycles. The number of methoxy groups -OCH3 is 1. The molecule has 20 heavy (non-hydrogen) atoms. The molecule has 0 radical (unpaired) electrons. The van der Waals surface area contributed by atoms with Gasteiger partial charge in [-0.2, -0.15) is 0 Å². The van der Waals surface area contributed by atoms with Crippen molar-refractivity contribution >= 4 is 0 Å². The summed E-state index contributed by atoms with van der Waals surface area (Å²) in [6.07, 6.45) is 6.55. The summed E-state index contributed by atoms with van der Waals surface area (Å²) in [6, 6.07) is 6.69. The Labute approximate surface area is 121 Å². The number of aryl methyl sites for hydroxylation is 1. The average Bonchev–Trinajstić information content (AvgIpc) is 3.30. The van der Waals surface area contributed by atoms with Crippen molar-refractivity contribution in [1.82, 2.24) is 5.32 Å². The van der Waals surface area contributed by atoms with E-state index >= 15 is 0 Å². The van der Waals surface area contributed by atoms with Crippen LogP contribution < -0.4 is 10.1 Å². The van der Waals surface area contributed by atoms with Crippen LogP contribution in [-0.2, 0) is 11.2 Å². The van der Waals surface area contributed by atoms with Crippen LogP contribution in [0.1, 0.15) is 42.9 Å². The van der Waals surface area contributed by atoms with Crippen molar-refractivity contribution in [2.24, 2.45) is 5.92 Å². The van der Waals surface area contributed by atoms with E-state index in [1.54, 1.807) is 7.11 Å². The maximum absolute atomic E-state index is 6.16. The van der Waals surface area contributed by atoms with Gasteiger partial charge in [-0.3, -0.25) is 0 Å². The lowest BCUT2D eigenvalue weighted by Gasteiger charge is -2.33. The van der Waals surface area contributed by atoms with Crippen LogP contribution in [0.4, 0.5) is 0 Å². The molecule has 1 fully saturated rings. The van der Waals surface area contributed by atoms with Crippen molar-refractivity contribution in [2.45, 2.75) is 44.2 Å². The van der Waals surface area contributed by atoms with Crippen LogP contribution in [0.25, 0.3) is 0 Å². The van der Waals surface area contributed by atoms with E-state index in [1.807, 2.05) is 7.05 Å². The van der Waals surface area contributed by atoms with Gasteiger partial charge >= 0.3 is 0 Å². The van der Waals surface area contributed by atoms with Crippen LogP contribution in [0, 0.1) is 5.92 Å². The number of hydrogen-bond donors (Lipinski definition) is 1. The van der Waals surface area contributed by atoms with Gasteiger partial charge in [-0.25, -0.2) is 0 Å². The summed E-state index contributed by atoms with van der Waals surface area (Å²) >= 11 is 0. The van der Waals surface area contributed by atoms with Gasteiger partial charge in [-0.15, -0.1) is 0 Å². The van der Waals surface area contributed by atoms with Crippen LogP contribution in [0.5, 0.6) is 5.75 Å². The third kappa shape index (κ3) is 2.99. The van der Waals surface area contributed by atoms with E-state index < -0.39 is 0 Å². The molecule has 1 N–H and O–H groups in total. The van der Waals surface area contributed by atoms with E-state index in [1.165, 1.54) is 30.4 Å². The van der Waals surface area contributed by atoms with Crippen LogP contribution in [0.3, 0.4) is 0 Å². The Morgan fingerprint density at radius 3 is 2.80 bits per heavy atom. The quantitative estimate of drug-likeness (QED) is 0.865. The van der Waals surface area contributed by atoms with Crippen molar-refractivity contribution in [3.8, 4) is 5.75 Å². The molecular weight excluding hydrogens is 250 g/mol. The normalized spacial score (nSPS) is 25.3. The van der Waals surface area contributed by atoms with Crippen LogP contribution >= 0.6 is 0 Å². The Morgan fingerprint density at radius 2 is 2.10 bits per heavy atom. The Morgan fingerprint density at radius 1 is 1.25 bits per heavy atom. The molecule has 0 bridgehead atoms. The maximum atomic E-state index is 6.16. The van der Waals surface area contributed by atoms with Gasteiger partial charge in [0.15, 0.2) is 0 Å². The minimum absolute atomic E-state index is 0.285. The predicted molar refractivity (Wildman–Crippen MR) is 80.2 cm³/mol. The van der Waals surface area contributed by atoms with Crippen molar-refractivity contribution in [3.63, 3.8) is 0 Å². The molecule has 0 amide bonds.